The van der Waals surface area contributed by atoms with Crippen LogP contribution in [0.4, 0.5) is 13.2 Å². The third kappa shape index (κ3) is 3.85. The van der Waals surface area contributed by atoms with Crippen LogP contribution in [0.15, 0.2) is 36.5 Å². The van der Waals surface area contributed by atoms with Crippen LogP contribution in [-0.4, -0.2) is 16.3 Å². The third-order valence-electron chi connectivity index (χ3n) is 3.36. The first-order valence-electron chi connectivity index (χ1n) is 6.79. The molecule has 0 saturated heterocycles. The van der Waals surface area contributed by atoms with E-state index in [0.29, 0.717) is 12.0 Å². The van der Waals surface area contributed by atoms with Gasteiger partial charge in [0.05, 0.1) is 17.3 Å². The standard InChI is InChI=1S/C15H18F3N3/c1-3-19-13(14-7-8-20-21(14)2)10-11-5-4-6-12(9-11)15(16,17)18/h4-9,13,19H,3,10H2,1-2H3. The van der Waals surface area contributed by atoms with Crippen molar-refractivity contribution in [3.63, 3.8) is 0 Å². The van der Waals surface area contributed by atoms with Crippen LogP contribution >= 0.6 is 0 Å². The number of nitrogens with zero attached hydrogens (tertiary/aromatic N) is 2. The van der Waals surface area contributed by atoms with Gasteiger partial charge in [0.15, 0.2) is 0 Å². The van der Waals surface area contributed by atoms with Crippen LogP contribution in [0.3, 0.4) is 0 Å². The lowest BCUT2D eigenvalue weighted by Crippen LogP contribution is -2.25. The molecule has 114 valence electrons. The van der Waals surface area contributed by atoms with Crippen LogP contribution in [0.5, 0.6) is 0 Å². The maximum atomic E-state index is 12.8. The van der Waals surface area contributed by atoms with Gasteiger partial charge in [-0.2, -0.15) is 18.3 Å². The lowest BCUT2D eigenvalue weighted by Gasteiger charge is -2.19. The van der Waals surface area contributed by atoms with Crippen molar-refractivity contribution in [2.75, 3.05) is 6.54 Å². The summed E-state index contributed by atoms with van der Waals surface area (Å²) in [5.74, 6) is 0. The second kappa shape index (κ2) is 6.30. The normalized spacial score (nSPS) is 13.4. The quantitative estimate of drug-likeness (QED) is 0.917. The van der Waals surface area contributed by atoms with E-state index in [2.05, 4.69) is 10.4 Å². The van der Waals surface area contributed by atoms with Gasteiger partial charge in [0.1, 0.15) is 0 Å². The number of hydrogen-bond donors (Lipinski definition) is 1. The smallest absolute Gasteiger partial charge is 0.309 e. The maximum Gasteiger partial charge on any atom is 0.416 e. The number of aryl methyl sites for hydroxylation is 1. The van der Waals surface area contributed by atoms with Crippen LogP contribution in [-0.2, 0) is 19.6 Å². The highest BCUT2D eigenvalue weighted by Gasteiger charge is 2.30. The molecular weight excluding hydrogens is 279 g/mol. The zero-order valence-electron chi connectivity index (χ0n) is 12.0. The van der Waals surface area contributed by atoms with Crippen LogP contribution in [0.25, 0.3) is 0 Å². The van der Waals surface area contributed by atoms with Crippen LogP contribution < -0.4 is 5.32 Å². The Bertz CT molecular complexity index is 590. The number of hydrogen-bond acceptors (Lipinski definition) is 2. The summed E-state index contributed by atoms with van der Waals surface area (Å²) in [4.78, 5) is 0. The molecule has 0 aliphatic heterocycles. The highest BCUT2D eigenvalue weighted by molar-refractivity contribution is 5.27. The van der Waals surface area contributed by atoms with E-state index in [0.717, 1.165) is 18.3 Å². The molecule has 0 saturated carbocycles. The van der Waals surface area contributed by atoms with Gasteiger partial charge in [0, 0.05) is 13.2 Å². The average molecular weight is 297 g/mol. The molecule has 0 fully saturated rings. The minimum absolute atomic E-state index is 0.0639. The molecule has 0 spiro atoms. The molecule has 1 aromatic carbocycles. The van der Waals surface area contributed by atoms with E-state index >= 15 is 0 Å². The first kappa shape index (κ1) is 15.6. The molecule has 0 bridgehead atoms. The number of alkyl halides is 3. The Labute approximate surface area is 121 Å². The molecule has 0 aliphatic rings. The second-order valence-corrected chi connectivity index (χ2v) is 4.89. The van der Waals surface area contributed by atoms with Gasteiger partial charge in [-0.3, -0.25) is 4.68 Å². The summed E-state index contributed by atoms with van der Waals surface area (Å²) in [6.07, 6.45) is -2.14. The molecule has 1 atom stereocenters. The van der Waals surface area contributed by atoms with Crippen molar-refractivity contribution in [2.45, 2.75) is 25.6 Å². The minimum atomic E-state index is -4.31. The van der Waals surface area contributed by atoms with Crippen molar-refractivity contribution in [1.29, 1.82) is 0 Å². The van der Waals surface area contributed by atoms with Crippen molar-refractivity contribution in [1.82, 2.24) is 15.1 Å². The van der Waals surface area contributed by atoms with Gasteiger partial charge in [0.25, 0.3) is 0 Å². The van der Waals surface area contributed by atoms with Crippen molar-refractivity contribution >= 4 is 0 Å². The monoisotopic (exact) mass is 297 g/mol. The molecule has 2 aromatic rings. The Hall–Kier alpha value is -1.82. The minimum Gasteiger partial charge on any atom is -0.309 e. The van der Waals surface area contributed by atoms with Gasteiger partial charge in [-0.1, -0.05) is 25.1 Å². The van der Waals surface area contributed by atoms with Crippen molar-refractivity contribution in [3.8, 4) is 0 Å². The molecule has 3 nitrogen and oxygen atoms in total. The molecule has 0 aliphatic carbocycles. The molecule has 1 N–H and O–H groups in total. The lowest BCUT2D eigenvalue weighted by atomic mass is 10.0. The van der Waals surface area contributed by atoms with Gasteiger partial charge < -0.3 is 5.32 Å². The topological polar surface area (TPSA) is 29.9 Å². The van der Waals surface area contributed by atoms with Gasteiger partial charge >= 0.3 is 6.18 Å². The van der Waals surface area contributed by atoms with E-state index in [-0.39, 0.29) is 6.04 Å². The molecule has 0 radical (unpaired) electrons. The number of aromatic nitrogens is 2. The van der Waals surface area contributed by atoms with Gasteiger partial charge in [-0.15, -0.1) is 0 Å². The second-order valence-electron chi connectivity index (χ2n) is 4.89. The first-order valence-corrected chi connectivity index (χ1v) is 6.79. The predicted octanol–water partition coefficient (Wildman–Crippen LogP) is 3.33. The number of rotatable bonds is 5. The van der Waals surface area contributed by atoms with E-state index in [1.54, 1.807) is 16.9 Å². The van der Waals surface area contributed by atoms with Crippen LogP contribution in [0.2, 0.25) is 0 Å². The molecule has 1 aromatic heterocycles. The molecular formula is C15H18F3N3. The molecule has 1 heterocycles. The summed E-state index contributed by atoms with van der Waals surface area (Å²) in [6, 6.07) is 7.28. The predicted molar refractivity (Wildman–Crippen MR) is 74.8 cm³/mol. The van der Waals surface area contributed by atoms with E-state index in [1.807, 2.05) is 20.0 Å². The molecule has 2 rings (SSSR count). The highest BCUT2D eigenvalue weighted by atomic mass is 19.4. The number of benzene rings is 1. The molecule has 1 unspecified atom stereocenters. The number of nitrogens with one attached hydrogen (secondary N) is 1. The van der Waals surface area contributed by atoms with Crippen molar-refractivity contribution in [3.05, 3.63) is 53.3 Å². The first-order chi connectivity index (χ1) is 9.91. The SMILES string of the molecule is CCNC(Cc1cccc(C(F)(F)F)c1)c1ccnn1C. The summed E-state index contributed by atoms with van der Waals surface area (Å²) in [5, 5.41) is 7.41. The van der Waals surface area contributed by atoms with Crippen LogP contribution in [0.1, 0.15) is 29.8 Å². The van der Waals surface area contributed by atoms with Crippen LogP contribution in [0, 0.1) is 0 Å². The zero-order valence-corrected chi connectivity index (χ0v) is 12.0. The van der Waals surface area contributed by atoms with Gasteiger partial charge in [0.2, 0.25) is 0 Å². The number of halogens is 3. The number of likely N-dealkylation sites (N-methyl/N-ethyl adjacent to an activating group) is 1. The molecule has 0 amide bonds. The zero-order chi connectivity index (χ0) is 15.5. The fraction of sp³-hybridized carbons (Fsp3) is 0.400. The van der Waals surface area contributed by atoms with Crippen molar-refractivity contribution in [2.24, 2.45) is 7.05 Å². The summed E-state index contributed by atoms with van der Waals surface area (Å²) in [6.45, 7) is 2.70. The summed E-state index contributed by atoms with van der Waals surface area (Å²) >= 11 is 0. The average Bonchev–Trinajstić information content (AvgIpc) is 2.84. The third-order valence-corrected chi connectivity index (χ3v) is 3.36. The molecule has 21 heavy (non-hydrogen) atoms. The largest absolute Gasteiger partial charge is 0.416 e. The summed E-state index contributed by atoms with van der Waals surface area (Å²) in [7, 11) is 1.83. The van der Waals surface area contributed by atoms with E-state index in [9.17, 15) is 13.2 Å². The van der Waals surface area contributed by atoms with Gasteiger partial charge in [-0.05, 0) is 30.7 Å². The molecule has 6 heteroatoms. The Balaban J connectivity index is 2.24. The van der Waals surface area contributed by atoms with E-state index in [1.165, 1.54) is 12.1 Å². The lowest BCUT2D eigenvalue weighted by molar-refractivity contribution is -0.137. The Morgan fingerprint density at radius 2 is 2.05 bits per heavy atom. The Morgan fingerprint density at radius 3 is 2.62 bits per heavy atom. The summed E-state index contributed by atoms with van der Waals surface area (Å²) < 4.78 is 40.0. The van der Waals surface area contributed by atoms with Gasteiger partial charge in [-0.25, -0.2) is 0 Å². The Morgan fingerprint density at radius 1 is 1.29 bits per heavy atom. The van der Waals surface area contributed by atoms with E-state index < -0.39 is 11.7 Å². The maximum absolute atomic E-state index is 12.8. The summed E-state index contributed by atoms with van der Waals surface area (Å²) in [5.41, 5.74) is 0.992. The Kier molecular flexibility index (Phi) is 4.67. The highest BCUT2D eigenvalue weighted by Crippen LogP contribution is 2.30. The fourth-order valence-electron chi connectivity index (χ4n) is 2.36. The fourth-order valence-corrected chi connectivity index (χ4v) is 2.36. The van der Waals surface area contributed by atoms with E-state index in [4.69, 9.17) is 0 Å². The van der Waals surface area contributed by atoms with Crippen molar-refractivity contribution < 1.29 is 13.2 Å².